The van der Waals surface area contributed by atoms with E-state index in [1.807, 2.05) is 0 Å². The quantitative estimate of drug-likeness (QED) is 0.563. The molecule has 0 radical (unpaired) electrons. The van der Waals surface area contributed by atoms with Crippen molar-refractivity contribution in [2.24, 2.45) is 0 Å². The Morgan fingerprint density at radius 3 is 2.78 bits per heavy atom. The van der Waals surface area contributed by atoms with Gasteiger partial charge in [-0.3, -0.25) is 0 Å². The summed E-state index contributed by atoms with van der Waals surface area (Å²) in [5.41, 5.74) is 0. The Kier molecular flexibility index (Phi) is 6.99. The molecule has 0 aromatic carbocycles. The lowest BCUT2D eigenvalue weighted by Gasteiger charge is -1.97. The number of hydrogen-bond acceptors (Lipinski definition) is 2. The van der Waals surface area contributed by atoms with Gasteiger partial charge >= 0.3 is 0 Å². The van der Waals surface area contributed by atoms with Crippen molar-refractivity contribution in [1.82, 2.24) is 5.32 Å². The summed E-state index contributed by atoms with van der Waals surface area (Å²) in [5.74, 6) is 0. The van der Waals surface area contributed by atoms with E-state index in [1.54, 1.807) is 0 Å². The molecule has 0 amide bonds. The molecule has 0 bridgehead atoms. The smallest absolute Gasteiger partial charge is 0.0622 e. The highest BCUT2D eigenvalue weighted by Crippen LogP contribution is 1.82. The Bertz CT molecular complexity index is 83.4. The van der Waals surface area contributed by atoms with E-state index in [2.05, 4.69) is 18.3 Å². The van der Waals surface area contributed by atoms with Crippen LogP contribution < -0.4 is 5.32 Å². The summed E-state index contributed by atoms with van der Waals surface area (Å²) in [7, 11) is 0. The highest BCUT2D eigenvalue weighted by molar-refractivity contribution is 4.68. The molecular weight excluding hydrogens is 112 g/mol. The molecule has 0 aromatic rings. The molecule has 2 heteroatoms. The van der Waals surface area contributed by atoms with E-state index in [9.17, 15) is 0 Å². The van der Waals surface area contributed by atoms with Crippen LogP contribution in [0.15, 0.2) is 0 Å². The van der Waals surface area contributed by atoms with Gasteiger partial charge in [0, 0.05) is 6.42 Å². The van der Waals surface area contributed by atoms with Crippen LogP contribution in [-0.4, -0.2) is 13.1 Å². The SMILES string of the molecule is CCCNCCCC#N. The second kappa shape index (κ2) is 7.45. The van der Waals surface area contributed by atoms with Crippen LogP contribution in [-0.2, 0) is 0 Å². The van der Waals surface area contributed by atoms with Crippen LogP contribution in [0, 0.1) is 11.3 Å². The Hall–Kier alpha value is -0.550. The second-order valence-corrected chi connectivity index (χ2v) is 2.01. The summed E-state index contributed by atoms with van der Waals surface area (Å²) >= 11 is 0. The van der Waals surface area contributed by atoms with E-state index >= 15 is 0 Å². The van der Waals surface area contributed by atoms with Crippen molar-refractivity contribution in [3.8, 4) is 6.07 Å². The topological polar surface area (TPSA) is 35.8 Å². The molecular formula is C7H14N2. The summed E-state index contributed by atoms with van der Waals surface area (Å²) in [6, 6.07) is 2.10. The number of rotatable bonds is 5. The number of hydrogen-bond donors (Lipinski definition) is 1. The zero-order valence-electron chi connectivity index (χ0n) is 5.98. The van der Waals surface area contributed by atoms with Crippen LogP contribution in [0.2, 0.25) is 0 Å². The number of nitrogens with one attached hydrogen (secondary N) is 1. The van der Waals surface area contributed by atoms with Crippen LogP contribution in [0.5, 0.6) is 0 Å². The molecule has 2 nitrogen and oxygen atoms in total. The average molecular weight is 126 g/mol. The molecule has 52 valence electrons. The zero-order valence-corrected chi connectivity index (χ0v) is 5.98. The van der Waals surface area contributed by atoms with Gasteiger partial charge in [-0.2, -0.15) is 5.26 Å². The molecule has 1 N–H and O–H groups in total. The lowest BCUT2D eigenvalue weighted by atomic mass is 10.3. The molecule has 0 aliphatic heterocycles. The summed E-state index contributed by atoms with van der Waals surface area (Å²) in [6.07, 6.45) is 2.83. The monoisotopic (exact) mass is 126 g/mol. The highest BCUT2D eigenvalue weighted by atomic mass is 14.8. The van der Waals surface area contributed by atoms with Crippen molar-refractivity contribution in [2.45, 2.75) is 26.2 Å². The number of nitriles is 1. The largest absolute Gasteiger partial charge is 0.317 e. The molecule has 0 aromatic heterocycles. The van der Waals surface area contributed by atoms with Gasteiger partial charge in [0.2, 0.25) is 0 Å². The third-order valence-electron chi connectivity index (χ3n) is 1.07. The molecule has 0 unspecified atom stereocenters. The maximum Gasteiger partial charge on any atom is 0.0622 e. The van der Waals surface area contributed by atoms with Gasteiger partial charge < -0.3 is 5.32 Å². The van der Waals surface area contributed by atoms with Gasteiger partial charge in [0.25, 0.3) is 0 Å². The van der Waals surface area contributed by atoms with E-state index in [1.165, 1.54) is 6.42 Å². The third-order valence-corrected chi connectivity index (χ3v) is 1.07. The Morgan fingerprint density at radius 1 is 1.44 bits per heavy atom. The molecule has 0 saturated carbocycles. The van der Waals surface area contributed by atoms with E-state index < -0.39 is 0 Å². The van der Waals surface area contributed by atoms with Gasteiger partial charge in [0.15, 0.2) is 0 Å². The molecule has 9 heavy (non-hydrogen) atoms. The van der Waals surface area contributed by atoms with Gasteiger partial charge in [0.1, 0.15) is 0 Å². The Labute approximate surface area is 56.9 Å². The van der Waals surface area contributed by atoms with Gasteiger partial charge in [-0.05, 0) is 25.9 Å². The van der Waals surface area contributed by atoms with Crippen molar-refractivity contribution in [2.75, 3.05) is 13.1 Å². The minimum atomic E-state index is 0.677. The first-order valence-electron chi connectivity index (χ1n) is 3.49. The predicted octanol–water partition coefficient (Wildman–Crippen LogP) is 1.29. The highest BCUT2D eigenvalue weighted by Gasteiger charge is 1.83. The van der Waals surface area contributed by atoms with Gasteiger partial charge in [0.05, 0.1) is 6.07 Å². The fraction of sp³-hybridized carbons (Fsp3) is 0.857. The molecule has 0 atom stereocenters. The minimum absolute atomic E-state index is 0.677. The van der Waals surface area contributed by atoms with Crippen molar-refractivity contribution in [3.05, 3.63) is 0 Å². The maximum atomic E-state index is 8.15. The number of unbranched alkanes of at least 4 members (excludes halogenated alkanes) is 1. The standard InChI is InChI=1S/C7H14N2/c1-2-6-9-7-4-3-5-8/h9H,2-4,6-7H2,1H3. The van der Waals surface area contributed by atoms with Crippen LogP contribution in [0.25, 0.3) is 0 Å². The molecule has 0 spiro atoms. The van der Waals surface area contributed by atoms with Crippen molar-refractivity contribution >= 4 is 0 Å². The molecule has 0 heterocycles. The molecule has 0 rings (SSSR count). The third kappa shape index (κ3) is 7.45. The summed E-state index contributed by atoms with van der Waals surface area (Å²) in [6.45, 7) is 4.20. The van der Waals surface area contributed by atoms with E-state index in [0.29, 0.717) is 6.42 Å². The molecule has 0 aliphatic carbocycles. The minimum Gasteiger partial charge on any atom is -0.317 e. The lowest BCUT2D eigenvalue weighted by Crippen LogP contribution is -2.15. The van der Waals surface area contributed by atoms with Crippen LogP contribution in [0.4, 0.5) is 0 Å². The molecule has 0 fully saturated rings. The first-order chi connectivity index (χ1) is 4.41. The average Bonchev–Trinajstić information content (AvgIpc) is 1.89. The van der Waals surface area contributed by atoms with Crippen molar-refractivity contribution in [1.29, 1.82) is 5.26 Å². The van der Waals surface area contributed by atoms with E-state index in [-0.39, 0.29) is 0 Å². The lowest BCUT2D eigenvalue weighted by molar-refractivity contribution is 0.647. The van der Waals surface area contributed by atoms with Crippen molar-refractivity contribution < 1.29 is 0 Å². The van der Waals surface area contributed by atoms with E-state index in [0.717, 1.165) is 19.5 Å². The fourth-order valence-corrected chi connectivity index (χ4v) is 0.594. The normalized spacial score (nSPS) is 8.89. The Balaban J connectivity index is 2.69. The first-order valence-corrected chi connectivity index (χ1v) is 3.49. The zero-order chi connectivity index (χ0) is 6.95. The van der Waals surface area contributed by atoms with E-state index in [4.69, 9.17) is 5.26 Å². The summed E-state index contributed by atoms with van der Waals surface area (Å²) < 4.78 is 0. The fourth-order valence-electron chi connectivity index (χ4n) is 0.594. The maximum absolute atomic E-state index is 8.15. The summed E-state index contributed by atoms with van der Waals surface area (Å²) in [5, 5.41) is 11.4. The molecule has 0 aliphatic rings. The Morgan fingerprint density at radius 2 is 2.22 bits per heavy atom. The first kappa shape index (κ1) is 8.45. The molecule has 0 saturated heterocycles. The van der Waals surface area contributed by atoms with Crippen molar-refractivity contribution in [3.63, 3.8) is 0 Å². The van der Waals surface area contributed by atoms with Gasteiger partial charge in [-0.1, -0.05) is 6.92 Å². The second-order valence-electron chi connectivity index (χ2n) is 2.01. The van der Waals surface area contributed by atoms with Crippen LogP contribution >= 0.6 is 0 Å². The van der Waals surface area contributed by atoms with Crippen LogP contribution in [0.1, 0.15) is 26.2 Å². The van der Waals surface area contributed by atoms with Gasteiger partial charge in [-0.25, -0.2) is 0 Å². The van der Waals surface area contributed by atoms with Crippen LogP contribution in [0.3, 0.4) is 0 Å². The predicted molar refractivity (Wildman–Crippen MR) is 38.0 cm³/mol. The number of nitrogens with zero attached hydrogens (tertiary/aromatic N) is 1. The summed E-state index contributed by atoms with van der Waals surface area (Å²) in [4.78, 5) is 0. The van der Waals surface area contributed by atoms with Gasteiger partial charge in [-0.15, -0.1) is 0 Å².